The van der Waals surface area contributed by atoms with Gasteiger partial charge in [0.15, 0.2) is 5.82 Å². The monoisotopic (exact) mass is 349 g/mol. The number of hydrogen-bond donors (Lipinski definition) is 1. The van der Waals surface area contributed by atoms with E-state index in [2.05, 4.69) is 35.1 Å². The van der Waals surface area contributed by atoms with Gasteiger partial charge in [-0.2, -0.15) is 0 Å². The summed E-state index contributed by atoms with van der Waals surface area (Å²) >= 11 is 0. The Kier molecular flexibility index (Phi) is 4.92. The number of anilines is 2. The van der Waals surface area contributed by atoms with Gasteiger partial charge in [0, 0.05) is 44.1 Å². The topological polar surface area (TPSA) is 89.0 Å². The van der Waals surface area contributed by atoms with Crippen molar-refractivity contribution >= 4 is 11.8 Å². The first-order valence-corrected chi connectivity index (χ1v) is 8.47. The van der Waals surface area contributed by atoms with Gasteiger partial charge in [-0.1, -0.05) is 6.07 Å². The highest BCUT2D eigenvalue weighted by Crippen LogP contribution is 2.25. The summed E-state index contributed by atoms with van der Waals surface area (Å²) in [5, 5.41) is 3.31. The van der Waals surface area contributed by atoms with Gasteiger partial charge < -0.3 is 15.0 Å². The zero-order valence-electron chi connectivity index (χ0n) is 14.2. The van der Waals surface area contributed by atoms with Crippen LogP contribution in [-0.2, 0) is 11.3 Å². The molecular weight excluding hydrogens is 330 g/mol. The van der Waals surface area contributed by atoms with Crippen LogP contribution >= 0.6 is 0 Å². The molecule has 8 heteroatoms. The van der Waals surface area contributed by atoms with Crippen molar-refractivity contribution in [1.29, 1.82) is 0 Å². The number of nitrogens with one attached hydrogen (secondary N) is 1. The fourth-order valence-electron chi connectivity index (χ4n) is 2.82. The lowest BCUT2D eigenvalue weighted by atomic mass is 10.2. The zero-order chi connectivity index (χ0) is 17.6. The Morgan fingerprint density at radius 3 is 2.85 bits per heavy atom. The van der Waals surface area contributed by atoms with E-state index in [0.29, 0.717) is 38.1 Å². The molecule has 0 saturated carbocycles. The standard InChI is InChI=1S/C18H19N7O/c1-3-14(11-19-5-1)12-23-16-4-8-20-17(24-16)15-13-26-10-9-25(15)18-21-6-2-7-22-18/h1-8,11,15H,9-10,12-13H2,(H,20,23,24)/t15-/m1/s1. The quantitative estimate of drug-likeness (QED) is 0.746. The molecule has 132 valence electrons. The van der Waals surface area contributed by atoms with Crippen molar-refractivity contribution in [2.45, 2.75) is 12.6 Å². The molecule has 4 heterocycles. The Labute approximate surface area is 151 Å². The second-order valence-electron chi connectivity index (χ2n) is 5.85. The first-order chi connectivity index (χ1) is 12.9. The lowest BCUT2D eigenvalue weighted by molar-refractivity contribution is 0.0908. The summed E-state index contributed by atoms with van der Waals surface area (Å²) in [5.74, 6) is 2.12. The van der Waals surface area contributed by atoms with Crippen molar-refractivity contribution in [2.75, 3.05) is 30.0 Å². The Hall–Kier alpha value is -3.13. The van der Waals surface area contributed by atoms with Crippen LogP contribution in [0.3, 0.4) is 0 Å². The number of pyridine rings is 1. The van der Waals surface area contributed by atoms with Crippen molar-refractivity contribution in [2.24, 2.45) is 0 Å². The molecule has 4 rings (SSSR count). The molecule has 0 radical (unpaired) electrons. The molecule has 1 aliphatic rings. The fourth-order valence-corrected chi connectivity index (χ4v) is 2.82. The first kappa shape index (κ1) is 16.3. The highest BCUT2D eigenvalue weighted by Gasteiger charge is 2.28. The zero-order valence-corrected chi connectivity index (χ0v) is 14.2. The van der Waals surface area contributed by atoms with E-state index in [1.54, 1.807) is 30.9 Å². The van der Waals surface area contributed by atoms with Crippen molar-refractivity contribution in [3.8, 4) is 0 Å². The van der Waals surface area contributed by atoms with Gasteiger partial charge in [0.25, 0.3) is 0 Å². The Bertz CT molecular complexity index is 831. The lowest BCUT2D eigenvalue weighted by Crippen LogP contribution is -2.41. The minimum atomic E-state index is -0.119. The van der Waals surface area contributed by atoms with Crippen LogP contribution < -0.4 is 10.2 Å². The van der Waals surface area contributed by atoms with Gasteiger partial charge in [-0.25, -0.2) is 19.9 Å². The summed E-state index contributed by atoms with van der Waals surface area (Å²) in [6, 6.07) is 7.47. The third-order valence-electron chi connectivity index (χ3n) is 4.11. The molecule has 1 fully saturated rings. The summed E-state index contributed by atoms with van der Waals surface area (Å²) in [6.45, 7) is 2.49. The minimum Gasteiger partial charge on any atom is -0.377 e. The van der Waals surface area contributed by atoms with Crippen LogP contribution in [0.25, 0.3) is 0 Å². The summed E-state index contributed by atoms with van der Waals surface area (Å²) in [7, 11) is 0. The third kappa shape index (κ3) is 3.75. The van der Waals surface area contributed by atoms with Crippen LogP contribution in [0.1, 0.15) is 17.4 Å². The third-order valence-corrected chi connectivity index (χ3v) is 4.11. The van der Waals surface area contributed by atoms with Crippen molar-refractivity contribution in [3.05, 3.63) is 66.6 Å². The summed E-state index contributed by atoms with van der Waals surface area (Å²) in [4.78, 5) is 24.0. The molecule has 3 aromatic rings. The number of rotatable bonds is 5. The maximum absolute atomic E-state index is 5.65. The Balaban J connectivity index is 1.52. The first-order valence-electron chi connectivity index (χ1n) is 8.47. The van der Waals surface area contributed by atoms with Crippen molar-refractivity contribution in [3.63, 3.8) is 0 Å². The SMILES string of the molecule is c1cnc(N2CCOC[C@@H]2c2nccc(NCc3cccnc3)n2)nc1. The van der Waals surface area contributed by atoms with Crippen molar-refractivity contribution < 1.29 is 4.74 Å². The Morgan fingerprint density at radius 1 is 1.08 bits per heavy atom. The average Bonchev–Trinajstić information content (AvgIpc) is 2.74. The molecule has 0 aliphatic carbocycles. The second-order valence-corrected chi connectivity index (χ2v) is 5.85. The highest BCUT2D eigenvalue weighted by atomic mass is 16.5. The van der Waals surface area contributed by atoms with E-state index < -0.39 is 0 Å². The van der Waals surface area contributed by atoms with E-state index in [0.717, 1.165) is 11.4 Å². The summed E-state index contributed by atoms with van der Waals surface area (Å²) < 4.78 is 5.65. The maximum Gasteiger partial charge on any atom is 0.226 e. The van der Waals surface area contributed by atoms with Crippen LogP contribution in [0.2, 0.25) is 0 Å². The minimum absolute atomic E-state index is 0.119. The summed E-state index contributed by atoms with van der Waals surface area (Å²) in [5.41, 5.74) is 1.09. The van der Waals surface area contributed by atoms with Crippen LogP contribution in [-0.4, -0.2) is 44.7 Å². The molecule has 1 N–H and O–H groups in total. The highest BCUT2D eigenvalue weighted by molar-refractivity contribution is 5.38. The van der Waals surface area contributed by atoms with Crippen LogP contribution in [0.4, 0.5) is 11.8 Å². The molecular formula is C18H19N7O. The van der Waals surface area contributed by atoms with Gasteiger partial charge in [0.2, 0.25) is 5.95 Å². The van der Waals surface area contributed by atoms with Crippen LogP contribution in [0.15, 0.2) is 55.2 Å². The molecule has 26 heavy (non-hydrogen) atoms. The molecule has 1 aliphatic heterocycles. The second kappa shape index (κ2) is 7.83. The number of hydrogen-bond acceptors (Lipinski definition) is 8. The molecule has 0 unspecified atom stereocenters. The maximum atomic E-state index is 5.65. The van der Waals surface area contributed by atoms with Gasteiger partial charge in [0.1, 0.15) is 11.9 Å². The van der Waals surface area contributed by atoms with Gasteiger partial charge in [0.05, 0.1) is 13.2 Å². The molecule has 0 spiro atoms. The van der Waals surface area contributed by atoms with Gasteiger partial charge in [-0.3, -0.25) is 4.98 Å². The van der Waals surface area contributed by atoms with Crippen LogP contribution in [0, 0.1) is 0 Å². The van der Waals surface area contributed by atoms with Gasteiger partial charge >= 0.3 is 0 Å². The predicted octanol–water partition coefficient (Wildman–Crippen LogP) is 1.85. The Morgan fingerprint density at radius 2 is 2.00 bits per heavy atom. The van der Waals surface area contributed by atoms with Crippen molar-refractivity contribution in [1.82, 2.24) is 24.9 Å². The molecule has 0 amide bonds. The fraction of sp³-hybridized carbons (Fsp3) is 0.278. The molecule has 0 bridgehead atoms. The van der Waals surface area contributed by atoms with E-state index in [-0.39, 0.29) is 6.04 Å². The molecule has 1 saturated heterocycles. The number of nitrogens with zero attached hydrogens (tertiary/aromatic N) is 6. The van der Waals surface area contributed by atoms with Gasteiger partial charge in [-0.05, 0) is 23.8 Å². The number of aromatic nitrogens is 5. The smallest absolute Gasteiger partial charge is 0.226 e. The van der Waals surface area contributed by atoms with E-state index in [4.69, 9.17) is 4.74 Å². The van der Waals surface area contributed by atoms with E-state index in [1.807, 2.05) is 24.4 Å². The normalized spacial score (nSPS) is 17.1. The van der Waals surface area contributed by atoms with E-state index in [1.165, 1.54) is 0 Å². The molecule has 3 aromatic heterocycles. The lowest BCUT2D eigenvalue weighted by Gasteiger charge is -2.34. The average molecular weight is 349 g/mol. The molecule has 0 aromatic carbocycles. The van der Waals surface area contributed by atoms with E-state index in [9.17, 15) is 0 Å². The number of ether oxygens (including phenoxy) is 1. The van der Waals surface area contributed by atoms with E-state index >= 15 is 0 Å². The number of morpholine rings is 1. The molecule has 1 atom stereocenters. The van der Waals surface area contributed by atoms with Gasteiger partial charge in [-0.15, -0.1) is 0 Å². The summed E-state index contributed by atoms with van der Waals surface area (Å²) in [6.07, 6.45) is 8.82. The largest absolute Gasteiger partial charge is 0.377 e. The van der Waals surface area contributed by atoms with Crippen LogP contribution in [0.5, 0.6) is 0 Å². The molecule has 8 nitrogen and oxygen atoms in total. The predicted molar refractivity (Wildman–Crippen MR) is 96.5 cm³/mol.